The summed E-state index contributed by atoms with van der Waals surface area (Å²) in [4.78, 5) is 11.5. The Morgan fingerprint density at radius 2 is 2.20 bits per heavy atom. The molecule has 6 heteroatoms. The third-order valence-electron chi connectivity index (χ3n) is 2.80. The number of nitrogens with one attached hydrogen (secondary N) is 1. The van der Waals surface area contributed by atoms with E-state index in [2.05, 4.69) is 5.32 Å². The maximum atomic E-state index is 14.0. The predicted molar refractivity (Wildman–Crippen MR) is 75.9 cm³/mol. The van der Waals surface area contributed by atoms with Gasteiger partial charge in [-0.25, -0.2) is 9.18 Å². The number of hydrogen-bond acceptors (Lipinski definition) is 3. The molecule has 0 aliphatic heterocycles. The number of ether oxygens (including phenoxy) is 1. The van der Waals surface area contributed by atoms with Gasteiger partial charge in [-0.2, -0.15) is 0 Å². The first kappa shape index (κ1) is 14.7. The highest BCUT2D eigenvalue weighted by atomic mass is 35.5. The number of carbonyl (C=O) groups is 1. The van der Waals surface area contributed by atoms with Gasteiger partial charge in [-0.1, -0.05) is 25.4 Å². The first-order valence-corrected chi connectivity index (χ1v) is 6.67. The fourth-order valence-corrected chi connectivity index (χ4v) is 2.05. The van der Waals surface area contributed by atoms with Gasteiger partial charge in [0.15, 0.2) is 11.4 Å². The van der Waals surface area contributed by atoms with E-state index in [9.17, 15) is 9.18 Å². The van der Waals surface area contributed by atoms with E-state index in [0.717, 1.165) is 6.07 Å². The van der Waals surface area contributed by atoms with Gasteiger partial charge in [0, 0.05) is 11.3 Å². The average molecular weight is 300 g/mol. The summed E-state index contributed by atoms with van der Waals surface area (Å²) >= 11 is 6.01. The summed E-state index contributed by atoms with van der Waals surface area (Å²) in [5, 5.41) is 3.14. The molecule has 2 aromatic rings. The van der Waals surface area contributed by atoms with Gasteiger partial charge in [0.2, 0.25) is 0 Å². The molecule has 0 radical (unpaired) electrons. The molecule has 0 saturated heterocycles. The molecule has 4 nitrogen and oxygen atoms in total. The molecule has 0 spiro atoms. The number of benzene rings is 1. The summed E-state index contributed by atoms with van der Waals surface area (Å²) in [6, 6.07) is 2.89. The molecule has 0 bridgehead atoms. The normalized spacial score (nSPS) is 11.1. The van der Waals surface area contributed by atoms with E-state index in [1.54, 1.807) is 13.0 Å². The summed E-state index contributed by atoms with van der Waals surface area (Å²) < 4.78 is 24.3. The van der Waals surface area contributed by atoms with Gasteiger partial charge in [-0.15, -0.1) is 0 Å². The lowest BCUT2D eigenvalue weighted by Gasteiger charge is -2.07. The molecule has 1 aromatic carbocycles. The van der Waals surface area contributed by atoms with Crippen LogP contribution in [-0.4, -0.2) is 12.7 Å². The minimum absolute atomic E-state index is 0.0604. The Morgan fingerprint density at radius 3 is 2.80 bits per heavy atom. The van der Waals surface area contributed by atoms with Crippen molar-refractivity contribution in [3.63, 3.8) is 0 Å². The van der Waals surface area contributed by atoms with Crippen LogP contribution in [0.2, 0.25) is 5.02 Å². The first-order valence-electron chi connectivity index (χ1n) is 6.29. The van der Waals surface area contributed by atoms with Crippen LogP contribution in [0.3, 0.4) is 0 Å². The largest absolute Gasteiger partial charge is 0.458 e. The topological polar surface area (TPSA) is 51.5 Å². The summed E-state index contributed by atoms with van der Waals surface area (Å²) in [7, 11) is 0. The van der Waals surface area contributed by atoms with E-state index >= 15 is 0 Å². The number of rotatable bonds is 3. The zero-order valence-electron chi connectivity index (χ0n) is 11.4. The number of halogens is 2. The molecule has 108 valence electrons. The quantitative estimate of drug-likeness (QED) is 0.875. The van der Waals surface area contributed by atoms with Crippen LogP contribution in [0.4, 0.5) is 14.9 Å². The SMILES string of the molecule is CCOC(=O)Nc1c(F)cc(Cl)c2cc(C(C)C)oc12. The molecule has 0 atom stereocenters. The molecular formula is C14H15ClFNO3. The molecule has 20 heavy (non-hydrogen) atoms. The number of carbonyl (C=O) groups excluding carboxylic acids is 1. The molecule has 0 aliphatic carbocycles. The number of fused-ring (bicyclic) bond motifs is 1. The monoisotopic (exact) mass is 299 g/mol. The fraction of sp³-hybridized carbons (Fsp3) is 0.357. The van der Waals surface area contributed by atoms with Crippen LogP contribution in [0.1, 0.15) is 32.4 Å². The van der Waals surface area contributed by atoms with E-state index in [1.165, 1.54) is 0 Å². The second kappa shape index (κ2) is 5.71. The van der Waals surface area contributed by atoms with Gasteiger partial charge in [0.25, 0.3) is 0 Å². The van der Waals surface area contributed by atoms with Gasteiger partial charge in [0.1, 0.15) is 11.4 Å². The van der Waals surface area contributed by atoms with Crippen LogP contribution in [-0.2, 0) is 4.74 Å². The molecule has 1 N–H and O–H groups in total. The Kier molecular flexibility index (Phi) is 4.18. The Morgan fingerprint density at radius 1 is 1.50 bits per heavy atom. The van der Waals surface area contributed by atoms with Crippen molar-refractivity contribution in [2.24, 2.45) is 0 Å². The van der Waals surface area contributed by atoms with Crippen molar-refractivity contribution in [1.29, 1.82) is 0 Å². The predicted octanol–water partition coefficient (Wildman–Crippen LogP) is 4.92. The highest BCUT2D eigenvalue weighted by molar-refractivity contribution is 6.36. The van der Waals surface area contributed by atoms with Crippen LogP contribution >= 0.6 is 11.6 Å². The van der Waals surface area contributed by atoms with Gasteiger partial charge in [-0.05, 0) is 19.1 Å². The number of anilines is 1. The van der Waals surface area contributed by atoms with Crippen LogP contribution < -0.4 is 5.32 Å². The van der Waals surface area contributed by atoms with Crippen molar-refractivity contribution in [3.05, 3.63) is 28.7 Å². The third-order valence-corrected chi connectivity index (χ3v) is 3.11. The number of amides is 1. The summed E-state index contributed by atoms with van der Waals surface area (Å²) in [6.07, 6.45) is -0.738. The van der Waals surface area contributed by atoms with Crippen molar-refractivity contribution >= 4 is 34.4 Å². The second-order valence-corrected chi connectivity index (χ2v) is 5.01. The van der Waals surface area contributed by atoms with Crippen molar-refractivity contribution in [1.82, 2.24) is 0 Å². The molecule has 1 heterocycles. The van der Waals surface area contributed by atoms with Crippen LogP contribution in [0.5, 0.6) is 0 Å². The van der Waals surface area contributed by atoms with Crippen molar-refractivity contribution in [2.75, 3.05) is 11.9 Å². The average Bonchev–Trinajstić information content (AvgIpc) is 2.80. The van der Waals surface area contributed by atoms with E-state index in [4.69, 9.17) is 20.8 Å². The highest BCUT2D eigenvalue weighted by Gasteiger charge is 2.19. The van der Waals surface area contributed by atoms with E-state index in [0.29, 0.717) is 11.1 Å². The zero-order chi connectivity index (χ0) is 14.9. The van der Waals surface area contributed by atoms with Gasteiger partial charge in [0.05, 0.1) is 11.6 Å². The molecule has 0 fully saturated rings. The van der Waals surface area contributed by atoms with Crippen molar-refractivity contribution in [3.8, 4) is 0 Å². The molecule has 0 saturated carbocycles. The molecular weight excluding hydrogens is 285 g/mol. The first-order chi connectivity index (χ1) is 9.43. The van der Waals surface area contributed by atoms with Crippen LogP contribution in [0.15, 0.2) is 16.5 Å². The summed E-state index contributed by atoms with van der Waals surface area (Å²) in [6.45, 7) is 5.75. The van der Waals surface area contributed by atoms with E-state index < -0.39 is 11.9 Å². The molecule has 0 unspecified atom stereocenters. The minimum atomic E-state index is -0.738. The minimum Gasteiger partial charge on any atom is -0.458 e. The van der Waals surface area contributed by atoms with Gasteiger partial charge < -0.3 is 9.15 Å². The lowest BCUT2D eigenvalue weighted by Crippen LogP contribution is -2.14. The maximum Gasteiger partial charge on any atom is 0.411 e. The third kappa shape index (κ3) is 2.72. The van der Waals surface area contributed by atoms with Gasteiger partial charge >= 0.3 is 6.09 Å². The Bertz CT molecular complexity index is 651. The fourth-order valence-electron chi connectivity index (χ4n) is 1.81. The lowest BCUT2D eigenvalue weighted by atomic mass is 10.1. The Hall–Kier alpha value is -1.75. The molecule has 2 rings (SSSR count). The smallest absolute Gasteiger partial charge is 0.411 e. The van der Waals surface area contributed by atoms with Crippen LogP contribution in [0, 0.1) is 5.82 Å². The summed E-state index contributed by atoms with van der Waals surface area (Å²) in [5.74, 6) is 0.122. The molecule has 0 aliphatic rings. The number of hydrogen-bond donors (Lipinski definition) is 1. The Labute approximate surface area is 120 Å². The van der Waals surface area contributed by atoms with E-state index in [-0.39, 0.29) is 28.8 Å². The maximum absolute atomic E-state index is 14.0. The lowest BCUT2D eigenvalue weighted by molar-refractivity contribution is 0.168. The Balaban J connectivity index is 2.54. The molecule has 1 amide bonds. The highest BCUT2D eigenvalue weighted by Crippen LogP contribution is 2.36. The van der Waals surface area contributed by atoms with Gasteiger partial charge in [-0.3, -0.25) is 5.32 Å². The standard InChI is InChI=1S/C14H15ClFNO3/c1-4-19-14(18)17-12-10(16)6-9(15)8-5-11(7(2)3)20-13(8)12/h5-7H,4H2,1-3H3,(H,17,18). The molecule has 1 aromatic heterocycles. The van der Waals surface area contributed by atoms with Crippen molar-refractivity contribution < 1.29 is 18.3 Å². The van der Waals surface area contributed by atoms with E-state index in [1.807, 2.05) is 13.8 Å². The van der Waals surface area contributed by atoms with Crippen LogP contribution in [0.25, 0.3) is 11.0 Å². The van der Waals surface area contributed by atoms with Crippen molar-refractivity contribution in [2.45, 2.75) is 26.7 Å². The zero-order valence-corrected chi connectivity index (χ0v) is 12.2. The number of furan rings is 1. The second-order valence-electron chi connectivity index (χ2n) is 4.61. The summed E-state index contributed by atoms with van der Waals surface area (Å²) in [5.41, 5.74) is 0.154.